The summed E-state index contributed by atoms with van der Waals surface area (Å²) in [6.07, 6.45) is 5.10. The Morgan fingerprint density at radius 1 is 1.43 bits per heavy atom. The second-order valence-electron chi connectivity index (χ2n) is 5.89. The zero-order valence-corrected chi connectivity index (χ0v) is 12.7. The second kappa shape index (κ2) is 6.15. The molecule has 0 unspecified atom stereocenters. The van der Waals surface area contributed by atoms with Crippen LogP contribution in [0.5, 0.6) is 5.88 Å². The molecular formula is C15H23N3O3. The molecule has 0 bridgehead atoms. The Morgan fingerprint density at radius 3 is 3.14 bits per heavy atom. The van der Waals surface area contributed by atoms with Gasteiger partial charge in [0.05, 0.1) is 19.8 Å². The van der Waals surface area contributed by atoms with Crippen LogP contribution < -0.4 is 9.64 Å². The molecular weight excluding hydrogens is 270 g/mol. The number of fused-ring (bicyclic) bond motifs is 1. The van der Waals surface area contributed by atoms with E-state index in [0.29, 0.717) is 12.0 Å². The van der Waals surface area contributed by atoms with Gasteiger partial charge in [-0.15, -0.1) is 0 Å². The van der Waals surface area contributed by atoms with Crippen molar-refractivity contribution >= 4 is 5.82 Å². The van der Waals surface area contributed by atoms with Crippen molar-refractivity contribution in [3.63, 3.8) is 0 Å². The summed E-state index contributed by atoms with van der Waals surface area (Å²) in [4.78, 5) is 10.8. The highest BCUT2D eigenvalue weighted by atomic mass is 16.5. The van der Waals surface area contributed by atoms with E-state index in [-0.39, 0.29) is 5.41 Å². The molecule has 1 aromatic heterocycles. The lowest BCUT2D eigenvalue weighted by atomic mass is 9.73. The Balaban J connectivity index is 1.81. The van der Waals surface area contributed by atoms with Gasteiger partial charge in [0.15, 0.2) is 0 Å². The van der Waals surface area contributed by atoms with Crippen molar-refractivity contribution in [3.05, 3.63) is 12.4 Å². The van der Waals surface area contributed by atoms with E-state index in [1.165, 1.54) is 0 Å². The molecule has 2 atom stereocenters. The first-order valence-electron chi connectivity index (χ1n) is 7.49. The van der Waals surface area contributed by atoms with Gasteiger partial charge in [-0.25, -0.2) is 9.97 Å². The minimum Gasteiger partial charge on any atom is -0.481 e. The molecule has 0 amide bonds. The number of nitrogens with zero attached hydrogens (tertiary/aromatic N) is 3. The van der Waals surface area contributed by atoms with Crippen LogP contribution in [0.15, 0.2) is 12.4 Å². The summed E-state index contributed by atoms with van der Waals surface area (Å²) >= 11 is 0. The van der Waals surface area contributed by atoms with Crippen molar-refractivity contribution in [2.45, 2.75) is 25.4 Å². The number of methoxy groups -OCH3 is 2. The number of hydrogen-bond acceptors (Lipinski definition) is 6. The van der Waals surface area contributed by atoms with Gasteiger partial charge in [-0.1, -0.05) is 0 Å². The maximum atomic E-state index is 6.00. The number of anilines is 1. The number of piperidine rings is 1. The fourth-order valence-electron chi connectivity index (χ4n) is 3.60. The lowest BCUT2D eigenvalue weighted by Gasteiger charge is -2.50. The number of aromatic nitrogens is 2. The molecule has 3 heterocycles. The van der Waals surface area contributed by atoms with Crippen LogP contribution in [0.4, 0.5) is 5.82 Å². The third-order valence-corrected chi connectivity index (χ3v) is 4.58. The lowest BCUT2D eigenvalue weighted by molar-refractivity contribution is -0.119. The standard InChI is InChI=1S/C15H23N3O3/c1-19-10-15-5-3-7-21-12(15)4-6-18(9-15)13-8-14(20-2)17-11-16-13/h8,11-12H,3-7,9-10H2,1-2H3/t12-,15+/m0/s1. The first-order valence-corrected chi connectivity index (χ1v) is 7.49. The number of hydrogen-bond donors (Lipinski definition) is 0. The minimum absolute atomic E-state index is 0.0729. The third-order valence-electron chi connectivity index (χ3n) is 4.58. The Morgan fingerprint density at radius 2 is 2.33 bits per heavy atom. The van der Waals surface area contributed by atoms with E-state index in [1.54, 1.807) is 20.5 Å². The smallest absolute Gasteiger partial charge is 0.218 e. The molecule has 6 heteroatoms. The molecule has 6 nitrogen and oxygen atoms in total. The normalized spacial score (nSPS) is 29.0. The molecule has 3 rings (SSSR count). The second-order valence-corrected chi connectivity index (χ2v) is 5.89. The van der Waals surface area contributed by atoms with Gasteiger partial charge in [0, 0.05) is 38.3 Å². The summed E-state index contributed by atoms with van der Waals surface area (Å²) in [5.74, 6) is 1.52. The molecule has 2 aliphatic heterocycles. The van der Waals surface area contributed by atoms with E-state index >= 15 is 0 Å². The van der Waals surface area contributed by atoms with Gasteiger partial charge in [0.2, 0.25) is 5.88 Å². The van der Waals surface area contributed by atoms with Crippen molar-refractivity contribution in [2.75, 3.05) is 45.4 Å². The monoisotopic (exact) mass is 293 g/mol. The summed E-state index contributed by atoms with van der Waals surface area (Å²) in [7, 11) is 3.40. The summed E-state index contributed by atoms with van der Waals surface area (Å²) in [5, 5.41) is 0. The maximum absolute atomic E-state index is 6.00. The van der Waals surface area contributed by atoms with Crippen LogP contribution in [-0.4, -0.2) is 56.6 Å². The lowest BCUT2D eigenvalue weighted by Crippen LogP contribution is -2.57. The predicted molar refractivity (Wildman–Crippen MR) is 78.7 cm³/mol. The molecule has 0 aromatic carbocycles. The molecule has 21 heavy (non-hydrogen) atoms. The fourth-order valence-corrected chi connectivity index (χ4v) is 3.60. The van der Waals surface area contributed by atoms with Crippen LogP contribution in [0.1, 0.15) is 19.3 Å². The first kappa shape index (κ1) is 14.5. The number of rotatable bonds is 4. The van der Waals surface area contributed by atoms with Crippen LogP contribution in [0, 0.1) is 5.41 Å². The first-order chi connectivity index (χ1) is 10.3. The van der Waals surface area contributed by atoms with Crippen LogP contribution >= 0.6 is 0 Å². The molecule has 2 saturated heterocycles. The van der Waals surface area contributed by atoms with Crippen molar-refractivity contribution in [1.82, 2.24) is 9.97 Å². The van der Waals surface area contributed by atoms with E-state index < -0.39 is 0 Å². The summed E-state index contributed by atoms with van der Waals surface area (Å²) in [6.45, 7) is 3.45. The predicted octanol–water partition coefficient (Wildman–Crippen LogP) is 1.51. The van der Waals surface area contributed by atoms with Gasteiger partial charge in [-0.3, -0.25) is 0 Å². The van der Waals surface area contributed by atoms with E-state index in [9.17, 15) is 0 Å². The molecule has 0 aliphatic carbocycles. The molecule has 2 fully saturated rings. The maximum Gasteiger partial charge on any atom is 0.218 e. The SMILES string of the molecule is COC[C@]12CCCO[C@H]1CCN(c1cc(OC)ncn1)C2. The van der Waals surface area contributed by atoms with E-state index in [4.69, 9.17) is 14.2 Å². The molecule has 1 aromatic rings. The topological polar surface area (TPSA) is 56.7 Å². The largest absolute Gasteiger partial charge is 0.481 e. The Hall–Kier alpha value is -1.40. The van der Waals surface area contributed by atoms with E-state index in [1.807, 2.05) is 6.07 Å². The van der Waals surface area contributed by atoms with Gasteiger partial charge in [0.1, 0.15) is 12.1 Å². The highest BCUT2D eigenvalue weighted by molar-refractivity contribution is 5.42. The van der Waals surface area contributed by atoms with Gasteiger partial charge in [-0.05, 0) is 19.3 Å². The van der Waals surface area contributed by atoms with E-state index in [2.05, 4.69) is 14.9 Å². The van der Waals surface area contributed by atoms with Gasteiger partial charge in [0.25, 0.3) is 0 Å². The zero-order valence-electron chi connectivity index (χ0n) is 12.7. The molecule has 116 valence electrons. The third kappa shape index (κ3) is 2.82. The summed E-state index contributed by atoms with van der Waals surface area (Å²) < 4.78 is 16.7. The summed E-state index contributed by atoms with van der Waals surface area (Å²) in [6, 6.07) is 1.89. The quantitative estimate of drug-likeness (QED) is 0.838. The molecule has 0 saturated carbocycles. The van der Waals surface area contributed by atoms with Crippen LogP contribution in [0.3, 0.4) is 0 Å². The molecule has 0 radical (unpaired) electrons. The van der Waals surface area contributed by atoms with Crippen molar-refractivity contribution in [1.29, 1.82) is 0 Å². The van der Waals surface area contributed by atoms with Crippen LogP contribution in [0.2, 0.25) is 0 Å². The van der Waals surface area contributed by atoms with Crippen LogP contribution in [-0.2, 0) is 9.47 Å². The van der Waals surface area contributed by atoms with Gasteiger partial charge in [-0.2, -0.15) is 0 Å². The highest BCUT2D eigenvalue weighted by Crippen LogP contribution is 2.41. The molecule has 2 aliphatic rings. The molecule has 0 spiro atoms. The van der Waals surface area contributed by atoms with Crippen molar-refractivity contribution in [3.8, 4) is 5.88 Å². The van der Waals surface area contributed by atoms with Crippen molar-refractivity contribution < 1.29 is 14.2 Å². The minimum atomic E-state index is 0.0729. The zero-order chi connectivity index (χ0) is 14.7. The van der Waals surface area contributed by atoms with Crippen molar-refractivity contribution in [2.24, 2.45) is 5.41 Å². The fraction of sp³-hybridized carbons (Fsp3) is 0.733. The van der Waals surface area contributed by atoms with E-state index in [0.717, 1.165) is 51.4 Å². The van der Waals surface area contributed by atoms with Gasteiger partial charge >= 0.3 is 0 Å². The summed E-state index contributed by atoms with van der Waals surface area (Å²) in [5.41, 5.74) is 0.0729. The molecule has 0 N–H and O–H groups in total. The van der Waals surface area contributed by atoms with Crippen LogP contribution in [0.25, 0.3) is 0 Å². The average molecular weight is 293 g/mol. The highest BCUT2D eigenvalue weighted by Gasteiger charge is 2.46. The Kier molecular flexibility index (Phi) is 4.26. The average Bonchev–Trinajstić information content (AvgIpc) is 2.54. The van der Waals surface area contributed by atoms with Gasteiger partial charge < -0.3 is 19.1 Å². The Labute approximate surface area is 125 Å². The number of ether oxygens (including phenoxy) is 3. The Bertz CT molecular complexity index is 481.